The first-order valence-electron chi connectivity index (χ1n) is 7.15. The second kappa shape index (κ2) is 7.42. The first-order valence-corrected chi connectivity index (χ1v) is 7.53. The lowest BCUT2D eigenvalue weighted by Crippen LogP contribution is -2.36. The van der Waals surface area contributed by atoms with E-state index in [1.54, 1.807) is 12.1 Å². The van der Waals surface area contributed by atoms with E-state index in [0.717, 1.165) is 17.7 Å². The molecule has 1 unspecified atom stereocenters. The Balaban J connectivity index is 2.05. The zero-order chi connectivity index (χ0) is 16.1. The highest BCUT2D eigenvalue weighted by molar-refractivity contribution is 6.30. The number of nitrogens with one attached hydrogen (secondary N) is 1. The number of hydrogen-bond donors (Lipinski definition) is 1. The molecule has 1 atom stereocenters. The molecular weight excluding hydrogens is 302 g/mol. The maximum Gasteiger partial charge on any atom is 0.242 e. The highest BCUT2D eigenvalue weighted by Crippen LogP contribution is 2.21. The predicted octanol–water partition coefficient (Wildman–Crippen LogP) is 2.81. The van der Waals surface area contributed by atoms with Gasteiger partial charge in [-0.15, -0.1) is 0 Å². The summed E-state index contributed by atoms with van der Waals surface area (Å²) in [6, 6.07) is 8.75. The molecule has 118 valence electrons. The molecule has 0 fully saturated rings. The summed E-state index contributed by atoms with van der Waals surface area (Å²) in [5, 5.41) is 7.44. The summed E-state index contributed by atoms with van der Waals surface area (Å²) >= 11 is 5.90. The van der Waals surface area contributed by atoms with Crippen LogP contribution in [0, 0.1) is 0 Å². The number of rotatable bonds is 6. The van der Waals surface area contributed by atoms with Crippen molar-refractivity contribution < 1.29 is 9.32 Å². The van der Waals surface area contributed by atoms with E-state index in [0.29, 0.717) is 17.3 Å². The zero-order valence-electron chi connectivity index (χ0n) is 13.0. The SMILES string of the molecule is CCc1cc(CNC(=O)C(c2ccc(Cl)cc2)N(C)C)on1. The van der Waals surface area contributed by atoms with Crippen molar-refractivity contribution in [3.8, 4) is 0 Å². The van der Waals surface area contributed by atoms with Gasteiger partial charge < -0.3 is 9.84 Å². The van der Waals surface area contributed by atoms with Crippen LogP contribution in [-0.4, -0.2) is 30.1 Å². The van der Waals surface area contributed by atoms with Gasteiger partial charge in [0.25, 0.3) is 0 Å². The van der Waals surface area contributed by atoms with Gasteiger partial charge in [-0.2, -0.15) is 0 Å². The van der Waals surface area contributed by atoms with Crippen LogP contribution in [0.1, 0.15) is 30.0 Å². The molecular formula is C16H20ClN3O2. The number of halogens is 1. The molecule has 0 saturated heterocycles. The summed E-state index contributed by atoms with van der Waals surface area (Å²) in [6.07, 6.45) is 0.808. The lowest BCUT2D eigenvalue weighted by atomic mass is 10.1. The fourth-order valence-electron chi connectivity index (χ4n) is 2.21. The summed E-state index contributed by atoms with van der Waals surface area (Å²) < 4.78 is 5.17. The summed E-state index contributed by atoms with van der Waals surface area (Å²) in [5.41, 5.74) is 1.77. The van der Waals surface area contributed by atoms with Crippen LogP contribution in [0.15, 0.2) is 34.9 Å². The van der Waals surface area contributed by atoms with Crippen LogP contribution < -0.4 is 5.32 Å². The zero-order valence-corrected chi connectivity index (χ0v) is 13.7. The molecule has 0 spiro atoms. The van der Waals surface area contributed by atoms with E-state index in [2.05, 4.69) is 10.5 Å². The minimum Gasteiger partial charge on any atom is -0.359 e. The molecule has 1 amide bonds. The third-order valence-corrected chi connectivity index (χ3v) is 3.61. The third kappa shape index (κ3) is 4.08. The minimum atomic E-state index is -0.383. The molecule has 0 radical (unpaired) electrons. The quantitative estimate of drug-likeness (QED) is 0.889. The summed E-state index contributed by atoms with van der Waals surface area (Å²) in [6.45, 7) is 2.33. The Bertz CT molecular complexity index is 623. The average molecular weight is 322 g/mol. The second-order valence-electron chi connectivity index (χ2n) is 5.27. The van der Waals surface area contributed by atoms with Gasteiger partial charge in [-0.3, -0.25) is 9.69 Å². The Morgan fingerprint density at radius 3 is 2.59 bits per heavy atom. The third-order valence-electron chi connectivity index (χ3n) is 3.36. The predicted molar refractivity (Wildman–Crippen MR) is 85.6 cm³/mol. The van der Waals surface area contributed by atoms with Crippen LogP contribution in [0.3, 0.4) is 0 Å². The lowest BCUT2D eigenvalue weighted by molar-refractivity contribution is -0.126. The molecule has 1 aromatic carbocycles. The van der Waals surface area contributed by atoms with Crippen molar-refractivity contribution in [2.75, 3.05) is 14.1 Å². The van der Waals surface area contributed by atoms with Gasteiger partial charge in [0.05, 0.1) is 12.2 Å². The number of aromatic nitrogens is 1. The first kappa shape index (κ1) is 16.5. The van der Waals surface area contributed by atoms with Gasteiger partial charge >= 0.3 is 0 Å². The van der Waals surface area contributed by atoms with Gasteiger partial charge in [-0.05, 0) is 38.2 Å². The van der Waals surface area contributed by atoms with Crippen molar-refractivity contribution >= 4 is 17.5 Å². The second-order valence-corrected chi connectivity index (χ2v) is 5.71. The standard InChI is InChI=1S/C16H20ClN3O2/c1-4-13-9-14(22-19-13)10-18-16(21)15(20(2)3)11-5-7-12(17)8-6-11/h5-9,15H,4,10H2,1-3H3,(H,18,21). The Morgan fingerprint density at radius 2 is 2.05 bits per heavy atom. The summed E-state index contributed by atoms with van der Waals surface area (Å²) in [4.78, 5) is 14.3. The summed E-state index contributed by atoms with van der Waals surface area (Å²) in [7, 11) is 3.73. The lowest BCUT2D eigenvalue weighted by Gasteiger charge is -2.23. The average Bonchev–Trinajstić information content (AvgIpc) is 2.95. The van der Waals surface area contributed by atoms with Crippen LogP contribution in [0.2, 0.25) is 5.02 Å². The molecule has 2 aromatic rings. The molecule has 22 heavy (non-hydrogen) atoms. The Kier molecular flexibility index (Phi) is 5.57. The van der Waals surface area contributed by atoms with E-state index < -0.39 is 0 Å². The number of amides is 1. The van der Waals surface area contributed by atoms with Crippen LogP contribution in [-0.2, 0) is 17.8 Å². The van der Waals surface area contributed by atoms with Gasteiger partial charge in [0.1, 0.15) is 6.04 Å². The first-order chi connectivity index (χ1) is 10.5. The largest absolute Gasteiger partial charge is 0.359 e. The van der Waals surface area contributed by atoms with Gasteiger partial charge in [-0.1, -0.05) is 35.8 Å². The summed E-state index contributed by atoms with van der Waals surface area (Å²) in [5.74, 6) is 0.556. The number of benzene rings is 1. The maximum absolute atomic E-state index is 12.5. The van der Waals surface area contributed by atoms with E-state index in [1.165, 1.54) is 0 Å². The Hall–Kier alpha value is -1.85. The number of carbonyl (C=O) groups excluding carboxylic acids is 1. The van der Waals surface area contributed by atoms with Crippen molar-refractivity contribution in [2.24, 2.45) is 0 Å². The van der Waals surface area contributed by atoms with Gasteiger partial charge in [0, 0.05) is 11.1 Å². The number of aryl methyl sites for hydroxylation is 1. The minimum absolute atomic E-state index is 0.0956. The van der Waals surface area contributed by atoms with Crippen molar-refractivity contribution in [2.45, 2.75) is 25.9 Å². The smallest absolute Gasteiger partial charge is 0.242 e. The Morgan fingerprint density at radius 1 is 1.36 bits per heavy atom. The molecule has 0 aliphatic heterocycles. The molecule has 0 bridgehead atoms. The van der Waals surface area contributed by atoms with E-state index in [4.69, 9.17) is 16.1 Å². The molecule has 5 nitrogen and oxygen atoms in total. The van der Waals surface area contributed by atoms with Crippen molar-refractivity contribution in [1.82, 2.24) is 15.4 Å². The fraction of sp³-hybridized carbons (Fsp3) is 0.375. The van der Waals surface area contributed by atoms with E-state index in [1.807, 2.05) is 44.1 Å². The molecule has 1 heterocycles. The monoisotopic (exact) mass is 321 g/mol. The number of carbonyl (C=O) groups is 1. The molecule has 0 aliphatic rings. The van der Waals surface area contributed by atoms with Crippen molar-refractivity contribution in [3.63, 3.8) is 0 Å². The highest BCUT2D eigenvalue weighted by atomic mass is 35.5. The number of hydrogen-bond acceptors (Lipinski definition) is 4. The molecule has 1 N–H and O–H groups in total. The molecule has 0 aliphatic carbocycles. The van der Waals surface area contributed by atoms with E-state index in [9.17, 15) is 4.79 Å². The normalized spacial score (nSPS) is 12.4. The Labute approximate surface area is 135 Å². The van der Waals surface area contributed by atoms with Crippen LogP contribution >= 0.6 is 11.6 Å². The van der Waals surface area contributed by atoms with Crippen molar-refractivity contribution in [3.05, 3.63) is 52.4 Å². The molecule has 0 saturated carbocycles. The van der Waals surface area contributed by atoms with Crippen LogP contribution in [0.5, 0.6) is 0 Å². The van der Waals surface area contributed by atoms with E-state index >= 15 is 0 Å². The number of likely N-dealkylation sites (N-methyl/N-ethyl adjacent to an activating group) is 1. The topological polar surface area (TPSA) is 58.4 Å². The van der Waals surface area contributed by atoms with Crippen molar-refractivity contribution in [1.29, 1.82) is 0 Å². The fourth-order valence-corrected chi connectivity index (χ4v) is 2.33. The number of nitrogens with zero attached hydrogens (tertiary/aromatic N) is 2. The van der Waals surface area contributed by atoms with Gasteiger partial charge in [0.15, 0.2) is 5.76 Å². The van der Waals surface area contributed by atoms with Gasteiger partial charge in [-0.25, -0.2) is 0 Å². The maximum atomic E-state index is 12.5. The highest BCUT2D eigenvalue weighted by Gasteiger charge is 2.22. The van der Waals surface area contributed by atoms with Gasteiger partial charge in [0.2, 0.25) is 5.91 Å². The molecule has 1 aromatic heterocycles. The molecule has 2 rings (SSSR count). The van der Waals surface area contributed by atoms with Crippen LogP contribution in [0.4, 0.5) is 0 Å². The molecule has 6 heteroatoms. The van der Waals surface area contributed by atoms with Crippen LogP contribution in [0.25, 0.3) is 0 Å². The van der Waals surface area contributed by atoms with E-state index in [-0.39, 0.29) is 11.9 Å².